The predicted molar refractivity (Wildman–Crippen MR) is 109 cm³/mol. The van der Waals surface area contributed by atoms with Gasteiger partial charge in [0, 0.05) is 26.8 Å². The van der Waals surface area contributed by atoms with Gasteiger partial charge in [0.1, 0.15) is 5.00 Å². The van der Waals surface area contributed by atoms with Gasteiger partial charge in [0.05, 0.1) is 29.8 Å². The number of anilines is 1. The molecule has 0 aromatic carbocycles. The van der Waals surface area contributed by atoms with Crippen LogP contribution in [0, 0.1) is 13.8 Å². The van der Waals surface area contributed by atoms with Gasteiger partial charge in [-0.3, -0.25) is 9.48 Å². The highest BCUT2D eigenvalue weighted by Crippen LogP contribution is 2.34. The minimum Gasteiger partial charge on any atom is -0.465 e. The Balaban J connectivity index is 2.20. The second kappa shape index (κ2) is 8.49. The number of aromatic nitrogens is 2. The molecule has 0 radical (unpaired) electrons. The van der Waals surface area contributed by atoms with Gasteiger partial charge in [-0.05, 0) is 37.7 Å². The van der Waals surface area contributed by atoms with Gasteiger partial charge < -0.3 is 20.3 Å². The lowest BCUT2D eigenvalue weighted by Gasteiger charge is -2.09. The number of nitrogens with zero attached hydrogens (tertiary/aromatic N) is 3. The minimum absolute atomic E-state index is 0.182. The molecule has 0 fully saturated rings. The maximum Gasteiger partial charge on any atom is 0.341 e. The summed E-state index contributed by atoms with van der Waals surface area (Å²) in [6.45, 7) is 4.13. The number of esters is 1. The quantitative estimate of drug-likeness (QED) is 0.577. The minimum atomic E-state index is -0.521. The molecule has 0 aliphatic heterocycles. The largest absolute Gasteiger partial charge is 0.465 e. The van der Waals surface area contributed by atoms with Gasteiger partial charge in [0.25, 0.3) is 5.91 Å². The van der Waals surface area contributed by atoms with Crippen LogP contribution in [-0.2, 0) is 18.3 Å². The van der Waals surface area contributed by atoms with Crippen molar-refractivity contribution < 1.29 is 14.3 Å². The highest BCUT2D eigenvalue weighted by Gasteiger charge is 2.26. The third-order valence-corrected chi connectivity index (χ3v) is 5.40. The van der Waals surface area contributed by atoms with Crippen molar-refractivity contribution >= 4 is 45.5 Å². The molecule has 0 bridgehead atoms. The van der Waals surface area contributed by atoms with E-state index in [1.54, 1.807) is 25.7 Å². The van der Waals surface area contributed by atoms with Gasteiger partial charge in [-0.15, -0.1) is 11.3 Å². The number of hydrogen-bond donors (Lipinski definition) is 2. The van der Waals surface area contributed by atoms with Crippen LogP contribution in [0.5, 0.6) is 0 Å². The van der Waals surface area contributed by atoms with Crippen LogP contribution in [0.1, 0.15) is 37.0 Å². The molecule has 2 aromatic heterocycles. The number of rotatable bonds is 5. The van der Waals surface area contributed by atoms with Crippen molar-refractivity contribution in [1.29, 1.82) is 0 Å². The van der Waals surface area contributed by atoms with Crippen molar-refractivity contribution in [3.05, 3.63) is 33.5 Å². The van der Waals surface area contributed by atoms with Crippen molar-refractivity contribution in [2.75, 3.05) is 26.5 Å². The molecule has 2 aromatic rings. The molecule has 0 aliphatic carbocycles. The molecule has 146 valence electrons. The average molecular weight is 410 g/mol. The van der Waals surface area contributed by atoms with E-state index in [0.717, 1.165) is 11.4 Å². The monoisotopic (exact) mass is 409 g/mol. The number of hydrogen-bond acceptors (Lipinski definition) is 6. The molecule has 0 atom stereocenters. The zero-order valence-corrected chi connectivity index (χ0v) is 17.8. The first-order valence-electron chi connectivity index (χ1n) is 8.13. The van der Waals surface area contributed by atoms with Gasteiger partial charge in [0.15, 0.2) is 5.11 Å². The molecule has 2 heterocycles. The number of amides is 1. The number of carbonyl (C=O) groups is 2. The molecule has 2 rings (SSSR count). The molecular weight excluding hydrogens is 386 g/mol. The number of thiophene rings is 1. The summed E-state index contributed by atoms with van der Waals surface area (Å²) < 4.78 is 6.65. The molecule has 8 nitrogen and oxygen atoms in total. The van der Waals surface area contributed by atoms with E-state index in [1.807, 2.05) is 20.0 Å². The van der Waals surface area contributed by atoms with Crippen LogP contribution in [0.15, 0.2) is 6.07 Å². The standard InChI is InChI=1S/C17H23N5O3S2/c1-9-7-11(20-22(9)5)8-18-17(26)19-14-12(16(24)25-6)10(2)13(27-14)15(23)21(3)4/h7H,8H2,1-6H3,(H2,18,19,26). The summed E-state index contributed by atoms with van der Waals surface area (Å²) in [5.74, 6) is -0.703. The fourth-order valence-electron chi connectivity index (χ4n) is 2.40. The van der Waals surface area contributed by atoms with Crippen LogP contribution in [-0.4, -0.2) is 52.9 Å². The maximum atomic E-state index is 12.4. The zero-order chi connectivity index (χ0) is 20.3. The smallest absolute Gasteiger partial charge is 0.341 e. The Labute approximate surface area is 167 Å². The van der Waals surface area contributed by atoms with Crippen molar-refractivity contribution in [2.45, 2.75) is 20.4 Å². The van der Waals surface area contributed by atoms with E-state index in [-0.39, 0.29) is 5.91 Å². The first-order valence-corrected chi connectivity index (χ1v) is 9.35. The summed E-state index contributed by atoms with van der Waals surface area (Å²) in [5, 5.41) is 11.2. The maximum absolute atomic E-state index is 12.4. The summed E-state index contributed by atoms with van der Waals surface area (Å²) in [7, 11) is 6.49. The number of ether oxygens (including phenoxy) is 1. The molecule has 1 amide bonds. The highest BCUT2D eigenvalue weighted by atomic mass is 32.1. The predicted octanol–water partition coefficient (Wildman–Crippen LogP) is 2.07. The lowest BCUT2D eigenvalue weighted by molar-refractivity contribution is 0.0601. The zero-order valence-electron chi connectivity index (χ0n) is 16.2. The average Bonchev–Trinajstić information content (AvgIpc) is 3.10. The van der Waals surface area contributed by atoms with Crippen LogP contribution in [0.4, 0.5) is 5.00 Å². The summed E-state index contributed by atoms with van der Waals surface area (Å²) in [6, 6.07) is 1.96. The molecule has 10 heteroatoms. The van der Waals surface area contributed by atoms with Gasteiger partial charge in [-0.25, -0.2) is 4.79 Å². The fourth-order valence-corrected chi connectivity index (χ4v) is 3.86. The third kappa shape index (κ3) is 4.64. The van der Waals surface area contributed by atoms with Crippen molar-refractivity contribution in [3.63, 3.8) is 0 Å². The lowest BCUT2D eigenvalue weighted by Crippen LogP contribution is -2.28. The number of nitrogens with one attached hydrogen (secondary N) is 2. The number of aryl methyl sites for hydroxylation is 2. The summed E-state index contributed by atoms with van der Waals surface area (Å²) >= 11 is 6.50. The molecule has 0 saturated carbocycles. The Morgan fingerprint density at radius 2 is 2.04 bits per heavy atom. The normalized spacial score (nSPS) is 10.4. The second-order valence-corrected chi connectivity index (χ2v) is 7.59. The van der Waals surface area contributed by atoms with Crippen molar-refractivity contribution in [2.24, 2.45) is 7.05 Å². The summed E-state index contributed by atoms with van der Waals surface area (Å²) in [6.07, 6.45) is 0. The van der Waals surface area contributed by atoms with Gasteiger partial charge in [0.2, 0.25) is 0 Å². The Morgan fingerprint density at radius 3 is 2.56 bits per heavy atom. The molecule has 0 unspecified atom stereocenters. The van der Waals surface area contributed by atoms with Gasteiger partial charge in [-0.1, -0.05) is 0 Å². The number of methoxy groups -OCH3 is 1. The Hall–Kier alpha value is -2.46. The molecule has 2 N–H and O–H groups in total. The topological polar surface area (TPSA) is 88.5 Å². The summed E-state index contributed by atoms with van der Waals surface area (Å²) in [4.78, 5) is 26.5. The molecule has 0 aliphatic rings. The third-order valence-electron chi connectivity index (χ3n) is 3.96. The Kier molecular flexibility index (Phi) is 6.55. The lowest BCUT2D eigenvalue weighted by atomic mass is 10.1. The number of thiocarbonyl (C=S) groups is 1. The molecule has 27 heavy (non-hydrogen) atoms. The van der Waals surface area contributed by atoms with Crippen LogP contribution < -0.4 is 10.6 Å². The Morgan fingerprint density at radius 1 is 1.37 bits per heavy atom. The van der Waals surface area contributed by atoms with E-state index >= 15 is 0 Å². The van der Waals surface area contributed by atoms with Crippen LogP contribution in [0.25, 0.3) is 0 Å². The van der Waals surface area contributed by atoms with Crippen LogP contribution in [0.3, 0.4) is 0 Å². The first-order chi connectivity index (χ1) is 12.6. The second-order valence-electron chi connectivity index (χ2n) is 6.16. The van der Waals surface area contributed by atoms with Crippen LogP contribution >= 0.6 is 23.6 Å². The van der Waals surface area contributed by atoms with E-state index in [1.165, 1.54) is 23.3 Å². The summed E-state index contributed by atoms with van der Waals surface area (Å²) in [5.41, 5.74) is 2.76. The molecule has 0 saturated heterocycles. The molecule has 0 spiro atoms. The first kappa shape index (κ1) is 20.8. The Bertz CT molecular complexity index is 866. The van der Waals surface area contributed by atoms with E-state index in [0.29, 0.717) is 32.7 Å². The van der Waals surface area contributed by atoms with Gasteiger partial charge in [-0.2, -0.15) is 5.10 Å². The van der Waals surface area contributed by atoms with E-state index < -0.39 is 5.97 Å². The van der Waals surface area contributed by atoms with E-state index in [2.05, 4.69) is 15.7 Å². The SMILES string of the molecule is COC(=O)c1c(NC(=S)NCc2cc(C)n(C)n2)sc(C(=O)N(C)C)c1C. The molecular formula is C17H23N5O3S2. The van der Waals surface area contributed by atoms with E-state index in [9.17, 15) is 9.59 Å². The highest BCUT2D eigenvalue weighted by molar-refractivity contribution is 7.80. The van der Waals surface area contributed by atoms with Crippen LogP contribution in [0.2, 0.25) is 0 Å². The van der Waals surface area contributed by atoms with Gasteiger partial charge >= 0.3 is 5.97 Å². The van der Waals surface area contributed by atoms with Crippen molar-refractivity contribution in [1.82, 2.24) is 20.0 Å². The number of carbonyl (C=O) groups excluding carboxylic acids is 2. The van der Waals surface area contributed by atoms with Crippen molar-refractivity contribution in [3.8, 4) is 0 Å². The fraction of sp³-hybridized carbons (Fsp3) is 0.412. The van der Waals surface area contributed by atoms with E-state index in [4.69, 9.17) is 17.0 Å².